The molecule has 132 valence electrons. The van der Waals surface area contributed by atoms with E-state index < -0.39 is 5.91 Å². The lowest BCUT2D eigenvalue weighted by molar-refractivity contribution is -0.126. The van der Waals surface area contributed by atoms with E-state index in [4.69, 9.17) is 21.1 Å². The summed E-state index contributed by atoms with van der Waals surface area (Å²) < 4.78 is 10.3. The number of hydrogen-bond acceptors (Lipinski definition) is 4. The Bertz CT molecular complexity index is 747. The van der Waals surface area contributed by atoms with Crippen LogP contribution in [-0.2, 0) is 16.1 Å². The molecule has 0 aliphatic rings. The lowest BCUT2D eigenvalue weighted by Gasteiger charge is -2.11. The number of methoxy groups -OCH3 is 2. The molecule has 7 heteroatoms. The van der Waals surface area contributed by atoms with Gasteiger partial charge in [-0.2, -0.15) is 0 Å². The number of ether oxygens (including phenoxy) is 2. The summed E-state index contributed by atoms with van der Waals surface area (Å²) in [5.74, 6) is 0.252. The Hall–Kier alpha value is -2.73. The molecule has 0 saturated carbocycles. The Morgan fingerprint density at radius 2 is 1.72 bits per heavy atom. The van der Waals surface area contributed by atoms with Gasteiger partial charge in [0.15, 0.2) is 0 Å². The Kier molecular flexibility index (Phi) is 6.65. The monoisotopic (exact) mass is 362 g/mol. The van der Waals surface area contributed by atoms with Crippen LogP contribution in [0.1, 0.15) is 12.0 Å². The van der Waals surface area contributed by atoms with E-state index in [-0.39, 0.29) is 12.3 Å². The lowest BCUT2D eigenvalue weighted by Crippen LogP contribution is -2.27. The van der Waals surface area contributed by atoms with Crippen LogP contribution in [0.2, 0.25) is 5.02 Å². The van der Waals surface area contributed by atoms with Crippen LogP contribution in [0.3, 0.4) is 0 Å². The van der Waals surface area contributed by atoms with Gasteiger partial charge in [-0.1, -0.05) is 23.7 Å². The molecule has 0 bridgehead atoms. The van der Waals surface area contributed by atoms with Crippen molar-refractivity contribution in [2.24, 2.45) is 0 Å². The summed E-state index contributed by atoms with van der Waals surface area (Å²) in [5.41, 5.74) is 1.37. The van der Waals surface area contributed by atoms with Crippen molar-refractivity contribution in [2.75, 3.05) is 19.5 Å². The fourth-order valence-electron chi connectivity index (χ4n) is 2.11. The number of anilines is 1. The van der Waals surface area contributed by atoms with E-state index in [0.717, 1.165) is 5.56 Å². The van der Waals surface area contributed by atoms with Crippen LogP contribution in [0, 0.1) is 0 Å². The van der Waals surface area contributed by atoms with Crippen molar-refractivity contribution in [1.29, 1.82) is 0 Å². The molecule has 0 aliphatic heterocycles. The van der Waals surface area contributed by atoms with Gasteiger partial charge in [-0.15, -0.1) is 0 Å². The molecule has 0 saturated heterocycles. The molecule has 0 unspecified atom stereocenters. The van der Waals surface area contributed by atoms with Gasteiger partial charge in [0, 0.05) is 17.6 Å². The van der Waals surface area contributed by atoms with Crippen molar-refractivity contribution >= 4 is 29.1 Å². The third kappa shape index (κ3) is 5.69. The Labute approximate surface area is 151 Å². The van der Waals surface area contributed by atoms with Gasteiger partial charge in [0.05, 0.1) is 19.9 Å². The number of benzene rings is 2. The van der Waals surface area contributed by atoms with Crippen molar-refractivity contribution in [3.05, 3.63) is 53.1 Å². The molecule has 0 spiro atoms. The van der Waals surface area contributed by atoms with Gasteiger partial charge in [0.1, 0.15) is 17.9 Å². The van der Waals surface area contributed by atoms with Crippen molar-refractivity contribution in [2.45, 2.75) is 13.0 Å². The highest BCUT2D eigenvalue weighted by Crippen LogP contribution is 2.29. The van der Waals surface area contributed by atoms with Crippen molar-refractivity contribution in [3.8, 4) is 11.5 Å². The van der Waals surface area contributed by atoms with Crippen LogP contribution in [0.5, 0.6) is 11.5 Å². The minimum atomic E-state index is -0.433. The number of carbonyl (C=O) groups is 2. The smallest absolute Gasteiger partial charge is 0.233 e. The van der Waals surface area contributed by atoms with Gasteiger partial charge in [0.25, 0.3) is 0 Å². The average molecular weight is 363 g/mol. The number of nitrogens with one attached hydrogen (secondary N) is 2. The first-order chi connectivity index (χ1) is 12.0. The predicted molar refractivity (Wildman–Crippen MR) is 96.1 cm³/mol. The molecule has 0 atom stereocenters. The van der Waals surface area contributed by atoms with E-state index in [1.54, 1.807) is 30.3 Å². The van der Waals surface area contributed by atoms with E-state index >= 15 is 0 Å². The molecule has 0 heterocycles. The highest BCUT2D eigenvalue weighted by atomic mass is 35.5. The first-order valence-corrected chi connectivity index (χ1v) is 7.92. The van der Waals surface area contributed by atoms with Gasteiger partial charge in [0.2, 0.25) is 11.8 Å². The zero-order valence-corrected chi connectivity index (χ0v) is 14.7. The second-order valence-corrected chi connectivity index (χ2v) is 5.63. The van der Waals surface area contributed by atoms with Gasteiger partial charge in [-0.05, 0) is 29.8 Å². The highest BCUT2D eigenvalue weighted by Gasteiger charge is 2.12. The summed E-state index contributed by atoms with van der Waals surface area (Å²) in [7, 11) is 3.03. The summed E-state index contributed by atoms with van der Waals surface area (Å²) >= 11 is 5.81. The van der Waals surface area contributed by atoms with E-state index in [0.29, 0.717) is 28.8 Å². The normalized spacial score (nSPS) is 10.0. The van der Waals surface area contributed by atoms with Crippen LogP contribution in [0.25, 0.3) is 0 Å². The second kappa shape index (κ2) is 8.94. The molecule has 6 nitrogen and oxygen atoms in total. The molecule has 2 aromatic rings. The summed E-state index contributed by atoms with van der Waals surface area (Å²) in [6, 6.07) is 12.1. The number of hydrogen-bond donors (Lipinski definition) is 2. The molecule has 0 aliphatic carbocycles. The number of amides is 2. The van der Waals surface area contributed by atoms with Crippen LogP contribution >= 0.6 is 11.6 Å². The van der Waals surface area contributed by atoms with E-state index in [1.807, 2.05) is 12.1 Å². The molecule has 25 heavy (non-hydrogen) atoms. The van der Waals surface area contributed by atoms with E-state index in [9.17, 15) is 9.59 Å². The molecule has 2 rings (SSSR count). The lowest BCUT2D eigenvalue weighted by atomic mass is 10.2. The minimum absolute atomic E-state index is 0.289. The predicted octanol–water partition coefficient (Wildman–Crippen LogP) is 3.00. The van der Waals surface area contributed by atoms with Gasteiger partial charge in [-0.25, -0.2) is 0 Å². The van der Waals surface area contributed by atoms with Crippen LogP contribution in [0.4, 0.5) is 5.69 Å². The zero-order valence-electron chi connectivity index (χ0n) is 14.0. The Balaban J connectivity index is 1.87. The molecule has 0 radical (unpaired) electrons. The first kappa shape index (κ1) is 18.6. The summed E-state index contributed by atoms with van der Waals surface area (Å²) in [4.78, 5) is 23.9. The third-order valence-electron chi connectivity index (χ3n) is 3.41. The fourth-order valence-corrected chi connectivity index (χ4v) is 2.23. The van der Waals surface area contributed by atoms with Crippen molar-refractivity contribution in [1.82, 2.24) is 5.32 Å². The molecular weight excluding hydrogens is 344 g/mol. The number of carbonyl (C=O) groups excluding carboxylic acids is 2. The molecule has 0 aromatic heterocycles. The largest absolute Gasteiger partial charge is 0.497 e. The van der Waals surface area contributed by atoms with Crippen LogP contribution in [0.15, 0.2) is 42.5 Å². The van der Waals surface area contributed by atoms with E-state index in [2.05, 4.69) is 10.6 Å². The molecule has 0 fully saturated rings. The fraction of sp³-hybridized carbons (Fsp3) is 0.222. The van der Waals surface area contributed by atoms with Gasteiger partial charge < -0.3 is 20.1 Å². The van der Waals surface area contributed by atoms with E-state index in [1.165, 1.54) is 14.2 Å². The first-order valence-electron chi connectivity index (χ1n) is 7.55. The second-order valence-electron chi connectivity index (χ2n) is 5.19. The molecular formula is C18H19ClN2O4. The maximum atomic E-state index is 12.0. The standard InChI is InChI=1S/C18H19ClN2O4/c1-24-14-7-8-15(16(9-14)25-2)21-18(23)10-17(22)20-11-12-3-5-13(19)6-4-12/h3-9H,10-11H2,1-2H3,(H,20,22)(H,21,23). The highest BCUT2D eigenvalue weighted by molar-refractivity contribution is 6.30. The minimum Gasteiger partial charge on any atom is -0.497 e. The molecule has 2 amide bonds. The van der Waals surface area contributed by atoms with Crippen molar-refractivity contribution in [3.63, 3.8) is 0 Å². The zero-order chi connectivity index (χ0) is 18.2. The number of halogens is 1. The van der Waals surface area contributed by atoms with Crippen LogP contribution < -0.4 is 20.1 Å². The van der Waals surface area contributed by atoms with Gasteiger partial charge >= 0.3 is 0 Å². The topological polar surface area (TPSA) is 76.7 Å². The summed E-state index contributed by atoms with van der Waals surface area (Å²) in [6.45, 7) is 0.329. The van der Waals surface area contributed by atoms with Crippen molar-refractivity contribution < 1.29 is 19.1 Å². The Morgan fingerprint density at radius 1 is 1.00 bits per heavy atom. The molecule has 2 aromatic carbocycles. The molecule has 2 N–H and O–H groups in total. The SMILES string of the molecule is COc1ccc(NC(=O)CC(=O)NCc2ccc(Cl)cc2)c(OC)c1. The van der Waals surface area contributed by atoms with Crippen LogP contribution in [-0.4, -0.2) is 26.0 Å². The maximum absolute atomic E-state index is 12.0. The summed E-state index contributed by atoms with van der Waals surface area (Å²) in [5, 5.41) is 5.97. The quantitative estimate of drug-likeness (QED) is 0.742. The maximum Gasteiger partial charge on any atom is 0.233 e. The Morgan fingerprint density at radius 3 is 2.36 bits per heavy atom. The number of rotatable bonds is 7. The average Bonchev–Trinajstić information content (AvgIpc) is 2.61. The third-order valence-corrected chi connectivity index (χ3v) is 3.66. The summed E-state index contributed by atoms with van der Waals surface area (Å²) in [6.07, 6.45) is -0.289. The van der Waals surface area contributed by atoms with Gasteiger partial charge in [-0.3, -0.25) is 9.59 Å².